The molecule has 2 rings (SSSR count). The zero-order chi connectivity index (χ0) is 11.8. The fourth-order valence-corrected chi connectivity index (χ4v) is 2.22. The molecule has 1 aromatic rings. The second kappa shape index (κ2) is 4.46. The summed E-state index contributed by atoms with van der Waals surface area (Å²) in [5, 5.41) is 0. The van der Waals surface area contributed by atoms with E-state index in [0.717, 1.165) is 0 Å². The first-order valence-corrected chi connectivity index (χ1v) is 6.24. The van der Waals surface area contributed by atoms with Crippen molar-refractivity contribution in [3.8, 4) is 11.5 Å². The molecule has 0 bridgehead atoms. The quantitative estimate of drug-likeness (QED) is 0.587. The van der Waals surface area contributed by atoms with Gasteiger partial charge in [-0.15, -0.1) is 0 Å². The van der Waals surface area contributed by atoms with Crippen LogP contribution < -0.4 is 9.05 Å². The number of hydrogen-bond donors (Lipinski definition) is 0. The van der Waals surface area contributed by atoms with E-state index in [4.69, 9.17) is 48.4 Å². The number of rotatable bonds is 1. The maximum Gasteiger partial charge on any atom is 0.532 e. The van der Waals surface area contributed by atoms with Crippen molar-refractivity contribution in [1.82, 2.24) is 0 Å². The van der Waals surface area contributed by atoms with Crippen LogP contribution in [0.3, 0.4) is 0 Å². The molecule has 1 aliphatic rings. The molecule has 0 spiro atoms. The predicted octanol–water partition coefficient (Wildman–Crippen LogP) is 3.60. The van der Waals surface area contributed by atoms with Crippen LogP contribution in [-0.2, 0) is 9.32 Å². The number of benzene rings is 1. The Kier molecular flexibility index (Phi) is 3.36. The summed E-state index contributed by atoms with van der Waals surface area (Å²) >= 11 is 16.0. The largest absolute Gasteiger partial charge is 0.532 e. The van der Waals surface area contributed by atoms with Gasteiger partial charge >= 0.3 is 14.6 Å². The summed E-state index contributed by atoms with van der Waals surface area (Å²) in [5.74, 6) is -0.0483. The van der Waals surface area contributed by atoms with Crippen LogP contribution in [0.15, 0.2) is 24.3 Å². The highest BCUT2D eigenvalue weighted by atomic mass is 35.6. The maximum absolute atomic E-state index is 11.2. The van der Waals surface area contributed by atoms with Crippen molar-refractivity contribution in [3.63, 3.8) is 0 Å². The SMILES string of the molecule is O=C(OP1Oc2ccccc2O1)C(Cl)(Cl)Cl. The molecular formula is C8H4Cl3O4P. The molecule has 0 aromatic heterocycles. The van der Waals surface area contributed by atoms with Gasteiger partial charge in [0.1, 0.15) is 0 Å². The molecule has 0 radical (unpaired) electrons. The van der Waals surface area contributed by atoms with Crippen molar-refractivity contribution in [2.45, 2.75) is 3.79 Å². The van der Waals surface area contributed by atoms with Crippen LogP contribution in [0.4, 0.5) is 0 Å². The minimum atomic E-state index is -2.14. The molecule has 0 amide bonds. The van der Waals surface area contributed by atoms with Gasteiger partial charge < -0.3 is 13.6 Å². The zero-order valence-corrected chi connectivity index (χ0v) is 10.7. The lowest BCUT2D eigenvalue weighted by Gasteiger charge is -2.11. The van der Waals surface area contributed by atoms with Crippen LogP contribution in [0.5, 0.6) is 11.5 Å². The molecule has 0 N–H and O–H groups in total. The third-order valence-electron chi connectivity index (χ3n) is 1.58. The van der Waals surface area contributed by atoms with E-state index < -0.39 is 18.4 Å². The Morgan fingerprint density at radius 1 is 1.19 bits per heavy atom. The highest BCUT2D eigenvalue weighted by Gasteiger charge is 2.39. The normalized spacial score (nSPS) is 14.9. The third-order valence-corrected chi connectivity index (χ3v) is 3.05. The standard InChI is InChI=1S/C8H4Cl3O4P/c9-8(10,11)7(12)15-16-13-5-3-1-2-4-6(5)14-16/h1-4H. The topological polar surface area (TPSA) is 44.8 Å². The smallest absolute Gasteiger partial charge is 0.404 e. The predicted molar refractivity (Wildman–Crippen MR) is 61.0 cm³/mol. The Labute approximate surface area is 107 Å². The maximum atomic E-state index is 11.2. The van der Waals surface area contributed by atoms with Crippen LogP contribution in [-0.4, -0.2) is 9.76 Å². The molecule has 4 nitrogen and oxygen atoms in total. The number of carbonyl (C=O) groups is 1. The second-order valence-corrected chi connectivity index (χ2v) is 6.01. The molecule has 1 heterocycles. The minimum Gasteiger partial charge on any atom is -0.404 e. The van der Waals surface area contributed by atoms with Crippen LogP contribution in [0.25, 0.3) is 0 Å². The van der Waals surface area contributed by atoms with Gasteiger partial charge in [0.2, 0.25) is 0 Å². The summed E-state index contributed by atoms with van der Waals surface area (Å²) in [6.45, 7) is 0. The van der Waals surface area contributed by atoms with E-state index in [1.807, 2.05) is 0 Å². The zero-order valence-electron chi connectivity index (χ0n) is 7.52. The molecule has 8 heteroatoms. The summed E-state index contributed by atoms with van der Waals surface area (Å²) in [6, 6.07) is 6.89. The van der Waals surface area contributed by atoms with Crippen LogP contribution in [0, 0.1) is 0 Å². The minimum absolute atomic E-state index is 0.491. The first kappa shape index (κ1) is 12.1. The number of para-hydroxylation sites is 2. The number of hydrogen-bond acceptors (Lipinski definition) is 4. The fourth-order valence-electron chi connectivity index (χ4n) is 0.937. The molecule has 16 heavy (non-hydrogen) atoms. The highest BCUT2D eigenvalue weighted by Crippen LogP contribution is 2.53. The fraction of sp³-hybridized carbons (Fsp3) is 0.125. The summed E-state index contributed by atoms with van der Waals surface area (Å²) in [5.41, 5.74) is 0. The first-order valence-electron chi connectivity index (χ1n) is 4.01. The average molecular weight is 301 g/mol. The number of halogens is 3. The first-order chi connectivity index (χ1) is 7.47. The number of carbonyl (C=O) groups excluding carboxylic acids is 1. The molecule has 1 aliphatic heterocycles. The lowest BCUT2D eigenvalue weighted by Crippen LogP contribution is -2.20. The Hall–Kier alpha value is -0.410. The molecule has 86 valence electrons. The van der Waals surface area contributed by atoms with E-state index in [0.29, 0.717) is 11.5 Å². The highest BCUT2D eigenvalue weighted by molar-refractivity contribution is 7.43. The molecule has 0 fully saturated rings. The lowest BCUT2D eigenvalue weighted by molar-refractivity contribution is -0.133. The molecule has 0 unspecified atom stereocenters. The van der Waals surface area contributed by atoms with E-state index in [1.165, 1.54) is 0 Å². The molecule has 0 saturated heterocycles. The summed E-state index contributed by atoms with van der Waals surface area (Å²) < 4.78 is 13.0. The van der Waals surface area contributed by atoms with E-state index in [-0.39, 0.29) is 0 Å². The van der Waals surface area contributed by atoms with Gasteiger partial charge in [-0.2, -0.15) is 0 Å². The van der Waals surface area contributed by atoms with E-state index >= 15 is 0 Å². The Bertz CT molecular complexity index is 395. The molecular weight excluding hydrogens is 297 g/mol. The van der Waals surface area contributed by atoms with Gasteiger partial charge in [0.25, 0.3) is 3.79 Å². The van der Waals surface area contributed by atoms with Crippen molar-refractivity contribution in [1.29, 1.82) is 0 Å². The Balaban J connectivity index is 2.00. The van der Waals surface area contributed by atoms with E-state index in [1.54, 1.807) is 24.3 Å². The average Bonchev–Trinajstić information content (AvgIpc) is 2.58. The summed E-state index contributed by atoms with van der Waals surface area (Å²) in [4.78, 5) is 11.2. The van der Waals surface area contributed by atoms with Gasteiger partial charge in [-0.1, -0.05) is 46.9 Å². The van der Waals surface area contributed by atoms with Gasteiger partial charge in [0.15, 0.2) is 11.5 Å². The Morgan fingerprint density at radius 3 is 2.12 bits per heavy atom. The summed E-state index contributed by atoms with van der Waals surface area (Å²) in [6.07, 6.45) is 0. The second-order valence-electron chi connectivity index (χ2n) is 2.73. The molecule has 0 atom stereocenters. The van der Waals surface area contributed by atoms with E-state index in [2.05, 4.69) is 0 Å². The van der Waals surface area contributed by atoms with Gasteiger partial charge in [-0.05, 0) is 12.1 Å². The van der Waals surface area contributed by atoms with Crippen molar-refractivity contribution in [3.05, 3.63) is 24.3 Å². The third kappa shape index (κ3) is 2.64. The summed E-state index contributed by atoms with van der Waals surface area (Å²) in [7, 11) is -1.88. The molecule has 1 aromatic carbocycles. The molecule has 0 aliphatic carbocycles. The van der Waals surface area contributed by atoms with Crippen molar-refractivity contribution in [2.75, 3.05) is 0 Å². The van der Waals surface area contributed by atoms with Crippen molar-refractivity contribution >= 4 is 49.4 Å². The van der Waals surface area contributed by atoms with Crippen LogP contribution >= 0.6 is 43.4 Å². The number of alkyl halides is 3. The van der Waals surface area contributed by atoms with Crippen LogP contribution in [0.1, 0.15) is 0 Å². The Morgan fingerprint density at radius 2 is 1.69 bits per heavy atom. The monoisotopic (exact) mass is 300 g/mol. The van der Waals surface area contributed by atoms with Gasteiger partial charge in [-0.25, -0.2) is 4.79 Å². The number of fused-ring (bicyclic) bond motifs is 1. The van der Waals surface area contributed by atoms with Crippen LogP contribution in [0.2, 0.25) is 0 Å². The van der Waals surface area contributed by atoms with Gasteiger partial charge in [0, 0.05) is 0 Å². The van der Waals surface area contributed by atoms with Gasteiger partial charge in [0.05, 0.1) is 0 Å². The van der Waals surface area contributed by atoms with Crippen molar-refractivity contribution < 1.29 is 18.4 Å². The van der Waals surface area contributed by atoms with Crippen molar-refractivity contribution in [2.24, 2.45) is 0 Å². The lowest BCUT2D eigenvalue weighted by atomic mass is 10.3. The van der Waals surface area contributed by atoms with E-state index in [9.17, 15) is 4.79 Å². The van der Waals surface area contributed by atoms with Gasteiger partial charge in [-0.3, -0.25) is 0 Å². The molecule has 0 saturated carbocycles.